The molecular weight excluding hydrogens is 309 g/mol. The van der Waals surface area contributed by atoms with Crippen molar-refractivity contribution >= 4 is 40.8 Å². The van der Waals surface area contributed by atoms with Gasteiger partial charge in [-0.25, -0.2) is 0 Å². The topological polar surface area (TPSA) is 63.3 Å². The van der Waals surface area contributed by atoms with E-state index >= 15 is 0 Å². The fraction of sp³-hybridized carbons (Fsp3) is 0.462. The fourth-order valence-corrected chi connectivity index (χ4v) is 3.20. The minimum Gasteiger partial charge on any atom is -0.481 e. The second-order valence-corrected chi connectivity index (χ2v) is 5.65. The van der Waals surface area contributed by atoms with E-state index in [1.54, 1.807) is 12.1 Å². The minimum absolute atomic E-state index is 0.0538. The Balaban J connectivity index is 3.07. The van der Waals surface area contributed by atoms with Gasteiger partial charge in [-0.05, 0) is 36.5 Å². The number of carboxylic acid groups (broad SMARTS) is 1. The van der Waals surface area contributed by atoms with Gasteiger partial charge in [0.15, 0.2) is 0 Å². The van der Waals surface area contributed by atoms with E-state index in [1.165, 1.54) is 0 Å². The van der Waals surface area contributed by atoms with Crippen molar-refractivity contribution in [1.29, 1.82) is 0 Å². The molecule has 2 atom stereocenters. The molecule has 106 valence electrons. The van der Waals surface area contributed by atoms with Crippen LogP contribution in [-0.2, 0) is 4.79 Å². The van der Waals surface area contributed by atoms with Crippen molar-refractivity contribution in [2.75, 3.05) is 6.54 Å². The molecule has 19 heavy (non-hydrogen) atoms. The van der Waals surface area contributed by atoms with Gasteiger partial charge in [-0.1, -0.05) is 41.7 Å². The Bertz CT molecular complexity index is 442. The van der Waals surface area contributed by atoms with Crippen molar-refractivity contribution < 1.29 is 9.90 Å². The van der Waals surface area contributed by atoms with E-state index in [9.17, 15) is 4.79 Å². The highest BCUT2D eigenvalue weighted by Crippen LogP contribution is 2.38. The normalized spacial score (nSPS) is 14.2. The molecule has 1 aromatic rings. The van der Waals surface area contributed by atoms with Crippen LogP contribution in [0.4, 0.5) is 0 Å². The number of rotatable bonds is 6. The van der Waals surface area contributed by atoms with Gasteiger partial charge in [0.2, 0.25) is 0 Å². The van der Waals surface area contributed by atoms with Crippen molar-refractivity contribution in [3.8, 4) is 0 Å². The highest BCUT2D eigenvalue weighted by atomic mass is 35.5. The molecule has 0 radical (unpaired) electrons. The van der Waals surface area contributed by atoms with Crippen LogP contribution in [-0.4, -0.2) is 17.6 Å². The maximum absolute atomic E-state index is 11.1. The third-order valence-electron chi connectivity index (χ3n) is 3.15. The molecule has 0 aromatic heterocycles. The second-order valence-electron chi connectivity index (χ2n) is 4.39. The predicted octanol–water partition coefficient (Wildman–Crippen LogP) is 4.19. The van der Waals surface area contributed by atoms with Gasteiger partial charge in [0.05, 0.1) is 5.92 Å². The highest BCUT2D eigenvalue weighted by Gasteiger charge is 2.24. The van der Waals surface area contributed by atoms with Gasteiger partial charge < -0.3 is 10.8 Å². The molecular formula is C13H16Cl3NO2. The Morgan fingerprint density at radius 1 is 1.32 bits per heavy atom. The molecule has 1 rings (SSSR count). The third kappa shape index (κ3) is 4.25. The van der Waals surface area contributed by atoms with Crippen LogP contribution in [0.3, 0.4) is 0 Å². The standard InChI is InChI=1S/C13H16Cl3NO2/c1-2-7(3-8(6-17)13(18)19)12-10(15)4-9(14)5-11(12)16/h4-5,7-8H,2-3,6,17H2,1H3,(H,18,19). The zero-order valence-electron chi connectivity index (χ0n) is 10.5. The lowest BCUT2D eigenvalue weighted by Crippen LogP contribution is -2.25. The van der Waals surface area contributed by atoms with Crippen molar-refractivity contribution in [3.05, 3.63) is 32.8 Å². The van der Waals surface area contributed by atoms with Gasteiger partial charge in [-0.2, -0.15) is 0 Å². The highest BCUT2D eigenvalue weighted by molar-refractivity contribution is 6.39. The summed E-state index contributed by atoms with van der Waals surface area (Å²) in [7, 11) is 0. The summed E-state index contributed by atoms with van der Waals surface area (Å²) in [5, 5.41) is 10.5. The Labute approximate surface area is 127 Å². The molecule has 2 unspecified atom stereocenters. The molecule has 0 saturated carbocycles. The number of carbonyl (C=O) groups is 1. The zero-order chi connectivity index (χ0) is 14.6. The summed E-state index contributed by atoms with van der Waals surface area (Å²) in [6, 6.07) is 3.23. The molecule has 6 heteroatoms. The molecule has 3 nitrogen and oxygen atoms in total. The van der Waals surface area contributed by atoms with Gasteiger partial charge in [0, 0.05) is 21.6 Å². The van der Waals surface area contributed by atoms with Crippen LogP contribution in [0.1, 0.15) is 31.2 Å². The average molecular weight is 325 g/mol. The van der Waals surface area contributed by atoms with Crippen LogP contribution in [0.25, 0.3) is 0 Å². The van der Waals surface area contributed by atoms with E-state index in [4.69, 9.17) is 45.6 Å². The summed E-state index contributed by atoms with van der Waals surface area (Å²) in [5.74, 6) is -1.56. The smallest absolute Gasteiger partial charge is 0.307 e. The molecule has 0 aliphatic carbocycles. The Kier molecular flexibility index (Phi) is 6.40. The maximum Gasteiger partial charge on any atom is 0.307 e. The fourth-order valence-electron chi connectivity index (χ4n) is 2.07. The second kappa shape index (κ2) is 7.34. The van der Waals surface area contributed by atoms with E-state index in [-0.39, 0.29) is 12.5 Å². The van der Waals surface area contributed by atoms with Crippen LogP contribution in [0.15, 0.2) is 12.1 Å². The maximum atomic E-state index is 11.1. The van der Waals surface area contributed by atoms with Gasteiger partial charge in [-0.3, -0.25) is 4.79 Å². The predicted molar refractivity (Wildman–Crippen MR) is 79.3 cm³/mol. The molecule has 3 N–H and O–H groups in total. The summed E-state index contributed by atoms with van der Waals surface area (Å²) in [5.41, 5.74) is 6.23. The van der Waals surface area contributed by atoms with E-state index in [0.29, 0.717) is 21.5 Å². The summed E-state index contributed by atoms with van der Waals surface area (Å²) in [6.45, 7) is 2.05. The minimum atomic E-state index is -0.901. The first kappa shape index (κ1) is 16.6. The van der Waals surface area contributed by atoms with Gasteiger partial charge >= 0.3 is 5.97 Å². The molecule has 0 heterocycles. The number of benzene rings is 1. The summed E-state index contributed by atoms with van der Waals surface area (Å²) < 4.78 is 0. The lowest BCUT2D eigenvalue weighted by molar-refractivity contribution is -0.141. The van der Waals surface area contributed by atoms with Gasteiger partial charge in [0.25, 0.3) is 0 Å². The Morgan fingerprint density at radius 2 is 1.84 bits per heavy atom. The first-order valence-corrected chi connectivity index (χ1v) is 7.11. The molecule has 0 amide bonds. The SMILES string of the molecule is CCC(CC(CN)C(=O)O)c1c(Cl)cc(Cl)cc1Cl. The van der Waals surface area contributed by atoms with Crippen molar-refractivity contribution in [2.45, 2.75) is 25.7 Å². The van der Waals surface area contributed by atoms with Crippen LogP contribution >= 0.6 is 34.8 Å². The summed E-state index contributed by atoms with van der Waals surface area (Å²) in [6.07, 6.45) is 1.13. The molecule has 0 aliphatic heterocycles. The van der Waals surface area contributed by atoms with Gasteiger partial charge in [-0.15, -0.1) is 0 Å². The van der Waals surface area contributed by atoms with Crippen LogP contribution < -0.4 is 5.73 Å². The van der Waals surface area contributed by atoms with Crippen molar-refractivity contribution in [3.63, 3.8) is 0 Å². The van der Waals surface area contributed by atoms with Crippen LogP contribution in [0, 0.1) is 5.92 Å². The summed E-state index contributed by atoms with van der Waals surface area (Å²) >= 11 is 18.2. The molecule has 0 fully saturated rings. The first-order chi connectivity index (χ1) is 8.90. The average Bonchev–Trinajstić information content (AvgIpc) is 2.31. The molecule has 0 saturated heterocycles. The quantitative estimate of drug-likeness (QED) is 0.824. The lowest BCUT2D eigenvalue weighted by Gasteiger charge is -2.21. The Hall–Kier alpha value is -0.480. The molecule has 1 aromatic carbocycles. The number of hydrogen-bond donors (Lipinski definition) is 2. The van der Waals surface area contributed by atoms with Gasteiger partial charge in [0.1, 0.15) is 0 Å². The number of hydrogen-bond acceptors (Lipinski definition) is 2. The van der Waals surface area contributed by atoms with Crippen LogP contribution in [0.5, 0.6) is 0 Å². The number of carboxylic acids is 1. The van der Waals surface area contributed by atoms with E-state index in [1.807, 2.05) is 6.92 Å². The first-order valence-electron chi connectivity index (χ1n) is 5.98. The third-order valence-corrected chi connectivity index (χ3v) is 3.99. The monoisotopic (exact) mass is 323 g/mol. The molecule has 0 aliphatic rings. The molecule has 0 bridgehead atoms. The van der Waals surface area contributed by atoms with E-state index in [0.717, 1.165) is 12.0 Å². The van der Waals surface area contributed by atoms with E-state index in [2.05, 4.69) is 0 Å². The van der Waals surface area contributed by atoms with Crippen molar-refractivity contribution in [2.24, 2.45) is 11.7 Å². The number of halogens is 3. The lowest BCUT2D eigenvalue weighted by atomic mass is 9.87. The zero-order valence-corrected chi connectivity index (χ0v) is 12.8. The largest absolute Gasteiger partial charge is 0.481 e. The number of nitrogens with two attached hydrogens (primary N) is 1. The number of aliphatic carboxylic acids is 1. The van der Waals surface area contributed by atoms with E-state index < -0.39 is 11.9 Å². The van der Waals surface area contributed by atoms with Crippen LogP contribution in [0.2, 0.25) is 15.1 Å². The Morgan fingerprint density at radius 3 is 2.21 bits per heavy atom. The summed E-state index contributed by atoms with van der Waals surface area (Å²) in [4.78, 5) is 11.1. The van der Waals surface area contributed by atoms with Crippen molar-refractivity contribution in [1.82, 2.24) is 0 Å². The molecule has 0 spiro atoms.